The SMILES string of the molecule is CC(C)C[C@@H](NC(=O)c1ccc(Cl)cc1Cl)C(=O)NCC1CCCC1. The molecule has 0 heterocycles. The van der Waals surface area contributed by atoms with Crippen LogP contribution in [-0.2, 0) is 4.79 Å². The highest BCUT2D eigenvalue weighted by Crippen LogP contribution is 2.24. The van der Waals surface area contributed by atoms with Crippen LogP contribution >= 0.6 is 23.2 Å². The molecule has 0 saturated heterocycles. The molecule has 1 atom stereocenters. The molecule has 1 saturated carbocycles. The van der Waals surface area contributed by atoms with Crippen LogP contribution in [0.15, 0.2) is 18.2 Å². The summed E-state index contributed by atoms with van der Waals surface area (Å²) in [7, 11) is 0. The molecule has 1 aromatic carbocycles. The highest BCUT2D eigenvalue weighted by Gasteiger charge is 2.24. The Morgan fingerprint density at radius 3 is 2.48 bits per heavy atom. The maximum Gasteiger partial charge on any atom is 0.253 e. The van der Waals surface area contributed by atoms with Gasteiger partial charge in [-0.1, -0.05) is 49.9 Å². The quantitative estimate of drug-likeness (QED) is 0.729. The fraction of sp³-hybridized carbons (Fsp3) is 0.579. The van der Waals surface area contributed by atoms with E-state index in [0.29, 0.717) is 29.5 Å². The number of carbonyl (C=O) groups is 2. The number of rotatable bonds is 7. The summed E-state index contributed by atoms with van der Waals surface area (Å²) in [6.07, 6.45) is 5.39. The van der Waals surface area contributed by atoms with Crippen molar-refractivity contribution in [1.82, 2.24) is 10.6 Å². The lowest BCUT2D eigenvalue weighted by Gasteiger charge is -2.21. The van der Waals surface area contributed by atoms with E-state index in [-0.39, 0.29) is 22.8 Å². The van der Waals surface area contributed by atoms with E-state index in [2.05, 4.69) is 10.6 Å². The molecular weight excluding hydrogens is 359 g/mol. The highest BCUT2D eigenvalue weighted by atomic mass is 35.5. The summed E-state index contributed by atoms with van der Waals surface area (Å²) in [5, 5.41) is 6.57. The molecule has 0 aromatic heterocycles. The zero-order valence-corrected chi connectivity index (χ0v) is 16.3. The summed E-state index contributed by atoms with van der Waals surface area (Å²) in [6.45, 7) is 4.74. The number of halogens is 2. The number of hydrogen-bond donors (Lipinski definition) is 2. The number of amides is 2. The van der Waals surface area contributed by atoms with Crippen molar-refractivity contribution < 1.29 is 9.59 Å². The second-order valence-electron chi connectivity index (χ2n) is 7.18. The van der Waals surface area contributed by atoms with E-state index in [1.54, 1.807) is 12.1 Å². The molecule has 1 fully saturated rings. The molecule has 1 aliphatic carbocycles. The van der Waals surface area contributed by atoms with Crippen LogP contribution in [0.4, 0.5) is 0 Å². The first-order valence-electron chi connectivity index (χ1n) is 8.90. The molecule has 2 amide bonds. The van der Waals surface area contributed by atoms with Gasteiger partial charge in [0.15, 0.2) is 0 Å². The van der Waals surface area contributed by atoms with Crippen molar-refractivity contribution in [1.29, 1.82) is 0 Å². The zero-order chi connectivity index (χ0) is 18.4. The second kappa shape index (κ2) is 9.44. The van der Waals surface area contributed by atoms with Gasteiger partial charge in [0, 0.05) is 11.6 Å². The van der Waals surface area contributed by atoms with E-state index in [4.69, 9.17) is 23.2 Å². The van der Waals surface area contributed by atoms with Crippen LogP contribution < -0.4 is 10.6 Å². The first-order chi connectivity index (χ1) is 11.9. The number of nitrogens with one attached hydrogen (secondary N) is 2. The Morgan fingerprint density at radius 1 is 1.20 bits per heavy atom. The van der Waals surface area contributed by atoms with Crippen molar-refractivity contribution in [2.24, 2.45) is 11.8 Å². The fourth-order valence-electron chi connectivity index (χ4n) is 3.20. The monoisotopic (exact) mass is 384 g/mol. The summed E-state index contributed by atoms with van der Waals surface area (Å²) < 4.78 is 0. The Labute approximate surface area is 159 Å². The molecule has 0 radical (unpaired) electrons. The summed E-state index contributed by atoms with van der Waals surface area (Å²) >= 11 is 12.0. The van der Waals surface area contributed by atoms with Crippen LogP contribution in [-0.4, -0.2) is 24.4 Å². The first kappa shape index (κ1) is 20.1. The van der Waals surface area contributed by atoms with E-state index >= 15 is 0 Å². The fourth-order valence-corrected chi connectivity index (χ4v) is 3.69. The second-order valence-corrected chi connectivity index (χ2v) is 8.02. The van der Waals surface area contributed by atoms with Crippen molar-refractivity contribution in [3.63, 3.8) is 0 Å². The topological polar surface area (TPSA) is 58.2 Å². The predicted octanol–water partition coefficient (Wildman–Crippen LogP) is 4.44. The van der Waals surface area contributed by atoms with Crippen molar-refractivity contribution in [2.75, 3.05) is 6.54 Å². The lowest BCUT2D eigenvalue weighted by atomic mass is 10.0. The number of hydrogen-bond acceptors (Lipinski definition) is 2. The number of carbonyl (C=O) groups excluding carboxylic acids is 2. The summed E-state index contributed by atoms with van der Waals surface area (Å²) in [5.41, 5.74) is 0.323. The Bertz CT molecular complexity index is 613. The normalized spacial score (nSPS) is 16.0. The van der Waals surface area contributed by atoms with Crippen LogP contribution in [0.2, 0.25) is 10.0 Å². The molecule has 25 heavy (non-hydrogen) atoms. The Kier molecular flexibility index (Phi) is 7.57. The van der Waals surface area contributed by atoms with Gasteiger partial charge in [-0.3, -0.25) is 9.59 Å². The van der Waals surface area contributed by atoms with Crippen LogP contribution in [0, 0.1) is 11.8 Å². The lowest BCUT2D eigenvalue weighted by Crippen LogP contribution is -2.48. The summed E-state index contributed by atoms with van der Waals surface area (Å²) in [6, 6.07) is 4.14. The maximum atomic E-state index is 12.6. The van der Waals surface area contributed by atoms with Gasteiger partial charge in [0.25, 0.3) is 5.91 Å². The van der Waals surface area contributed by atoms with Crippen LogP contribution in [0.5, 0.6) is 0 Å². The van der Waals surface area contributed by atoms with Gasteiger partial charge in [-0.15, -0.1) is 0 Å². The third-order valence-electron chi connectivity index (χ3n) is 4.54. The molecule has 6 heteroatoms. The van der Waals surface area contributed by atoms with Gasteiger partial charge in [0.1, 0.15) is 6.04 Å². The highest BCUT2D eigenvalue weighted by molar-refractivity contribution is 6.36. The smallest absolute Gasteiger partial charge is 0.253 e. The van der Waals surface area contributed by atoms with Crippen LogP contribution in [0.1, 0.15) is 56.3 Å². The van der Waals surface area contributed by atoms with Gasteiger partial charge < -0.3 is 10.6 Å². The van der Waals surface area contributed by atoms with Gasteiger partial charge in [-0.05, 0) is 49.3 Å². The van der Waals surface area contributed by atoms with Gasteiger partial charge in [-0.2, -0.15) is 0 Å². The molecule has 0 aliphatic heterocycles. The number of benzene rings is 1. The van der Waals surface area contributed by atoms with Crippen molar-refractivity contribution in [3.8, 4) is 0 Å². The predicted molar refractivity (Wildman–Crippen MR) is 102 cm³/mol. The minimum absolute atomic E-state index is 0.126. The molecule has 0 bridgehead atoms. The van der Waals surface area contributed by atoms with Gasteiger partial charge in [0.05, 0.1) is 10.6 Å². The van der Waals surface area contributed by atoms with Crippen LogP contribution in [0.25, 0.3) is 0 Å². The molecule has 2 N–H and O–H groups in total. The summed E-state index contributed by atoms with van der Waals surface area (Å²) in [4.78, 5) is 25.1. The van der Waals surface area contributed by atoms with Crippen molar-refractivity contribution in [2.45, 2.75) is 52.0 Å². The molecule has 2 rings (SSSR count). The van der Waals surface area contributed by atoms with Gasteiger partial charge in [-0.25, -0.2) is 0 Å². The molecule has 1 aliphatic rings. The van der Waals surface area contributed by atoms with Gasteiger partial charge in [0.2, 0.25) is 5.91 Å². The zero-order valence-electron chi connectivity index (χ0n) is 14.8. The minimum Gasteiger partial charge on any atom is -0.354 e. The van der Waals surface area contributed by atoms with Crippen molar-refractivity contribution in [3.05, 3.63) is 33.8 Å². The average molecular weight is 385 g/mol. The third-order valence-corrected chi connectivity index (χ3v) is 5.09. The van der Waals surface area contributed by atoms with Crippen LogP contribution in [0.3, 0.4) is 0 Å². The Hall–Kier alpha value is -1.26. The molecule has 4 nitrogen and oxygen atoms in total. The molecule has 0 unspecified atom stereocenters. The standard InChI is InChI=1S/C19H26Cl2N2O2/c1-12(2)9-17(19(25)22-11-13-5-3-4-6-13)23-18(24)15-8-7-14(20)10-16(15)21/h7-8,10,12-13,17H,3-6,9,11H2,1-2H3,(H,22,25)(H,23,24)/t17-/m1/s1. The Balaban J connectivity index is 2.00. The van der Waals surface area contributed by atoms with E-state index in [0.717, 1.165) is 0 Å². The summed E-state index contributed by atoms with van der Waals surface area (Å²) in [5.74, 6) is 0.357. The molecule has 0 spiro atoms. The molecule has 1 aromatic rings. The lowest BCUT2D eigenvalue weighted by molar-refractivity contribution is -0.123. The first-order valence-corrected chi connectivity index (χ1v) is 9.66. The van der Waals surface area contributed by atoms with Gasteiger partial charge >= 0.3 is 0 Å². The van der Waals surface area contributed by atoms with Crippen molar-refractivity contribution >= 4 is 35.0 Å². The average Bonchev–Trinajstić information content (AvgIpc) is 3.04. The van der Waals surface area contributed by atoms with E-state index < -0.39 is 6.04 Å². The Morgan fingerprint density at radius 2 is 1.88 bits per heavy atom. The van der Waals surface area contributed by atoms with E-state index in [1.165, 1.54) is 31.7 Å². The third kappa shape index (κ3) is 6.19. The van der Waals surface area contributed by atoms with E-state index in [9.17, 15) is 9.59 Å². The largest absolute Gasteiger partial charge is 0.354 e. The minimum atomic E-state index is -0.569. The molecular formula is C19H26Cl2N2O2. The van der Waals surface area contributed by atoms with E-state index in [1.807, 2.05) is 13.8 Å². The maximum absolute atomic E-state index is 12.6. The molecule has 138 valence electrons.